The summed E-state index contributed by atoms with van der Waals surface area (Å²) >= 11 is 0. The van der Waals surface area contributed by atoms with Crippen LogP contribution in [0.4, 0.5) is 5.69 Å². The van der Waals surface area contributed by atoms with Gasteiger partial charge in [0.05, 0.1) is 28.4 Å². The number of hydrogen-bond acceptors (Lipinski definition) is 7. The lowest BCUT2D eigenvalue weighted by atomic mass is 10.1. The molecule has 1 fully saturated rings. The summed E-state index contributed by atoms with van der Waals surface area (Å²) in [6.45, 7) is 7.03. The molecule has 0 saturated carbocycles. The van der Waals surface area contributed by atoms with Crippen molar-refractivity contribution in [3.05, 3.63) is 36.4 Å². The van der Waals surface area contributed by atoms with Gasteiger partial charge in [0.1, 0.15) is 45.1 Å². The van der Waals surface area contributed by atoms with Crippen LogP contribution in [0.3, 0.4) is 0 Å². The van der Waals surface area contributed by atoms with Crippen LogP contribution in [-0.4, -0.2) is 79.8 Å². The van der Waals surface area contributed by atoms with Crippen molar-refractivity contribution >= 4 is 11.7 Å². The van der Waals surface area contributed by atoms with Gasteiger partial charge in [0, 0.05) is 24.6 Å². The van der Waals surface area contributed by atoms with Crippen molar-refractivity contribution in [2.75, 3.05) is 67.8 Å². The molecule has 0 amide bonds. The Morgan fingerprint density at radius 3 is 1.95 bits per heavy atom. The number of piperazine rings is 1. The minimum absolute atomic E-state index is 0. The lowest BCUT2D eigenvalue weighted by Gasteiger charge is -2.31. The molecule has 1 unspecified atom stereocenters. The molecule has 2 aromatic rings. The Balaban J connectivity index is 0.00000484. The number of ether oxygens (including phenoxy) is 6. The van der Waals surface area contributed by atoms with Gasteiger partial charge in [-0.05, 0) is 12.5 Å². The van der Waals surface area contributed by atoms with Crippen molar-refractivity contribution in [3.63, 3.8) is 0 Å². The fraction of sp³-hybridized carbons (Fsp3) is 0.606. The molecule has 0 aromatic heterocycles. The van der Waals surface area contributed by atoms with E-state index in [0.29, 0.717) is 36.0 Å². The molecular weight excluding hydrogens is 607 g/mol. The van der Waals surface area contributed by atoms with E-state index in [1.54, 1.807) is 40.6 Å². The molecule has 0 bridgehead atoms. The first-order valence-corrected chi connectivity index (χ1v) is 15.5. The van der Waals surface area contributed by atoms with Crippen molar-refractivity contribution in [1.82, 2.24) is 0 Å². The van der Waals surface area contributed by atoms with Crippen LogP contribution in [0, 0.1) is 0 Å². The van der Waals surface area contributed by atoms with Gasteiger partial charge >= 0.3 is 5.97 Å². The van der Waals surface area contributed by atoms with E-state index in [2.05, 4.69) is 19.1 Å². The first-order chi connectivity index (χ1) is 20.5. The van der Waals surface area contributed by atoms with E-state index >= 15 is 0 Å². The Morgan fingerprint density at radius 1 is 0.773 bits per heavy atom. The second kappa shape index (κ2) is 22.0. The molecule has 0 radical (unpaired) electrons. The van der Waals surface area contributed by atoms with Crippen LogP contribution in [0.15, 0.2) is 36.4 Å². The number of para-hydroxylation sites is 2. The van der Waals surface area contributed by atoms with Gasteiger partial charge in [0.15, 0.2) is 29.0 Å². The predicted molar refractivity (Wildman–Crippen MR) is 163 cm³/mol. The summed E-state index contributed by atoms with van der Waals surface area (Å²) < 4.78 is 34.2. The summed E-state index contributed by atoms with van der Waals surface area (Å²) in [5, 5.41) is 0. The second-order valence-electron chi connectivity index (χ2n) is 10.9. The smallest absolute Gasteiger partial charge is 0.306 e. The number of quaternary nitrogens is 2. The van der Waals surface area contributed by atoms with Crippen molar-refractivity contribution in [3.8, 4) is 28.7 Å². The Morgan fingerprint density at radius 2 is 1.36 bits per heavy atom. The maximum absolute atomic E-state index is 12.9. The molecule has 0 aliphatic carbocycles. The van der Waals surface area contributed by atoms with Crippen LogP contribution in [0.2, 0.25) is 0 Å². The quantitative estimate of drug-likeness (QED) is 0.125. The number of halogens is 2. The highest BCUT2D eigenvalue weighted by Gasteiger charge is 2.30. The van der Waals surface area contributed by atoms with Crippen LogP contribution in [0.5, 0.6) is 28.7 Å². The summed E-state index contributed by atoms with van der Waals surface area (Å²) in [4.78, 5) is 15.7. The normalized spacial score (nSPS) is 16.5. The molecule has 11 heteroatoms. The molecule has 9 nitrogen and oxygen atoms in total. The van der Waals surface area contributed by atoms with Gasteiger partial charge in [-0.3, -0.25) is 9.69 Å². The van der Waals surface area contributed by atoms with Crippen molar-refractivity contribution in [2.24, 2.45) is 0 Å². The number of carbonyl (C=O) groups is 1. The molecule has 0 spiro atoms. The second-order valence-corrected chi connectivity index (χ2v) is 10.9. The largest absolute Gasteiger partial charge is 1.00 e. The first kappa shape index (κ1) is 39.4. The number of rotatable bonds is 19. The molecule has 1 aliphatic heterocycles. The minimum atomic E-state index is -0.371. The van der Waals surface area contributed by atoms with Gasteiger partial charge in [-0.15, -0.1) is 0 Å². The number of hydrogen-bond donors (Lipinski definition) is 2. The average Bonchev–Trinajstić information content (AvgIpc) is 3.02. The summed E-state index contributed by atoms with van der Waals surface area (Å²) in [5.74, 6) is 2.87. The van der Waals surface area contributed by atoms with Crippen molar-refractivity contribution in [2.45, 2.75) is 64.4 Å². The number of carbonyl (C=O) groups excluding carboxylic acids is 1. The summed E-state index contributed by atoms with van der Waals surface area (Å²) in [6, 6.07) is 11.7. The molecule has 1 saturated heterocycles. The minimum Gasteiger partial charge on any atom is -1.00 e. The molecule has 1 aliphatic rings. The van der Waals surface area contributed by atoms with Crippen molar-refractivity contribution < 1.29 is 67.8 Å². The highest BCUT2D eigenvalue weighted by atomic mass is 35.5. The summed E-state index contributed by atoms with van der Waals surface area (Å²) in [5.41, 5.74) is 1.20. The van der Waals surface area contributed by atoms with E-state index in [4.69, 9.17) is 28.4 Å². The number of nitrogens with one attached hydrogen (secondary N) is 2. The Hall–Kier alpha value is -2.59. The Kier molecular flexibility index (Phi) is 19.7. The van der Waals surface area contributed by atoms with Gasteiger partial charge in [-0.1, -0.05) is 57.6 Å². The fourth-order valence-electron chi connectivity index (χ4n) is 5.57. The van der Waals surface area contributed by atoms with Gasteiger partial charge in [0.25, 0.3) is 0 Å². The highest BCUT2D eigenvalue weighted by molar-refractivity contribution is 5.69. The molecule has 1 atom stereocenters. The van der Waals surface area contributed by atoms with Crippen molar-refractivity contribution in [1.29, 1.82) is 0 Å². The third-order valence-electron chi connectivity index (χ3n) is 7.92. The lowest BCUT2D eigenvalue weighted by Crippen LogP contribution is -3.26. The third-order valence-corrected chi connectivity index (χ3v) is 7.92. The van der Waals surface area contributed by atoms with Crippen LogP contribution in [-0.2, 0) is 9.53 Å². The zero-order valence-electron chi connectivity index (χ0n) is 27.1. The van der Waals surface area contributed by atoms with E-state index in [1.807, 2.05) is 12.1 Å². The average molecular weight is 660 g/mol. The summed E-state index contributed by atoms with van der Waals surface area (Å²) in [6.07, 6.45) is 8.19. The van der Waals surface area contributed by atoms with E-state index in [-0.39, 0.29) is 43.5 Å². The third kappa shape index (κ3) is 12.4. The van der Waals surface area contributed by atoms with Crippen LogP contribution in [0.25, 0.3) is 0 Å². The first-order valence-electron chi connectivity index (χ1n) is 15.5. The SMILES string of the molecule is CCCCCCCCCC(=O)OC(COc1cc(OC)c(OC)c(OC)c1)C[NH+]1CC[NH+](c2ccccc2OC)CC1.[Cl-].[Cl-]. The van der Waals surface area contributed by atoms with E-state index < -0.39 is 0 Å². The highest BCUT2D eigenvalue weighted by Crippen LogP contribution is 2.40. The fourth-order valence-corrected chi connectivity index (χ4v) is 5.57. The zero-order chi connectivity index (χ0) is 30.2. The number of benzene rings is 2. The number of unbranched alkanes of at least 4 members (excludes halogenated alkanes) is 6. The van der Waals surface area contributed by atoms with Crippen LogP contribution >= 0.6 is 0 Å². The lowest BCUT2D eigenvalue weighted by molar-refractivity contribution is -0.987. The molecule has 250 valence electrons. The monoisotopic (exact) mass is 658 g/mol. The zero-order valence-corrected chi connectivity index (χ0v) is 28.6. The molecule has 2 N–H and O–H groups in total. The molecule has 3 rings (SSSR count). The van der Waals surface area contributed by atoms with Crippen LogP contribution in [0.1, 0.15) is 58.3 Å². The van der Waals surface area contributed by atoms with E-state index in [1.165, 1.54) is 47.6 Å². The number of esters is 1. The van der Waals surface area contributed by atoms with Gasteiger partial charge < -0.3 is 58.1 Å². The molecule has 2 aromatic carbocycles. The maximum atomic E-state index is 12.9. The Labute approximate surface area is 276 Å². The van der Waals surface area contributed by atoms with Gasteiger partial charge in [-0.25, -0.2) is 0 Å². The van der Waals surface area contributed by atoms with E-state index in [9.17, 15) is 4.79 Å². The molecule has 44 heavy (non-hydrogen) atoms. The molecular formula is C33H52Cl2N2O7. The maximum Gasteiger partial charge on any atom is 0.306 e. The van der Waals surface area contributed by atoms with Gasteiger partial charge in [0.2, 0.25) is 5.75 Å². The topological polar surface area (TPSA) is 81.3 Å². The van der Waals surface area contributed by atoms with E-state index in [0.717, 1.165) is 44.8 Å². The summed E-state index contributed by atoms with van der Waals surface area (Å²) in [7, 11) is 6.44. The predicted octanol–water partition coefficient (Wildman–Crippen LogP) is -2.72. The number of methoxy groups -OCH3 is 4. The standard InChI is InChI=1S/C33H50N2O7.2ClH/c1-6-7-8-9-10-11-12-17-32(36)42-27(25-41-26-22-30(38-3)33(40-5)31(23-26)39-4)24-34-18-20-35(21-19-34)28-15-13-14-16-29(28)37-2;;/h13-16,22-23,27H,6-12,17-21,24-25H2,1-5H3;2*1H. The Bertz CT molecular complexity index is 1060. The van der Waals surface area contributed by atoms with Crippen LogP contribution < -0.4 is 58.3 Å². The van der Waals surface area contributed by atoms with Gasteiger partial charge in [-0.2, -0.15) is 0 Å². The molecule has 1 heterocycles.